The van der Waals surface area contributed by atoms with Crippen LogP contribution in [-0.2, 0) is 4.74 Å². The van der Waals surface area contributed by atoms with Gasteiger partial charge in [0, 0.05) is 31.5 Å². The highest BCUT2D eigenvalue weighted by atomic mass is 32.1. The molecule has 1 aromatic carbocycles. The third-order valence-electron chi connectivity index (χ3n) is 5.34. The molecule has 3 heterocycles. The first kappa shape index (κ1) is 20.7. The smallest absolute Gasteiger partial charge is 0.408 e. The molecule has 2 aliphatic rings. The maximum Gasteiger partial charge on any atom is 0.408 e. The fraction of sp³-hybridized carbons (Fsp3) is 0.476. The molecule has 1 amide bonds. The summed E-state index contributed by atoms with van der Waals surface area (Å²) < 4.78 is 25.8. The quantitative estimate of drug-likeness (QED) is 0.701. The summed E-state index contributed by atoms with van der Waals surface area (Å²) >= 11 is 4.18. The number of benzene rings is 1. The highest BCUT2D eigenvalue weighted by Gasteiger charge is 2.51. The molecule has 0 saturated carbocycles. The molecule has 1 spiro atoms. The van der Waals surface area contributed by atoms with E-state index in [1.54, 1.807) is 39.2 Å². The van der Waals surface area contributed by atoms with Crippen LogP contribution in [0.4, 0.5) is 15.0 Å². The molecular weight excluding hydrogens is 407 g/mol. The van der Waals surface area contributed by atoms with E-state index in [1.807, 2.05) is 0 Å². The Morgan fingerprint density at radius 3 is 2.67 bits per heavy atom. The molecule has 0 aliphatic carbocycles. The number of ether oxygens (including phenoxy) is 2. The van der Waals surface area contributed by atoms with Crippen molar-refractivity contribution >= 4 is 24.5 Å². The molecule has 2 aromatic rings. The standard InChI is InChI=1S/C21H25FN4O3S/c1-20(2,3)29-19(27)25-18-14-10-13(22)4-5-15(14)28-21(18)6-8-26(9-7-21)16-11-24-17(30)12-23-16/h4-5,10-12,18H,6-9H2,1-3H3,(H,24,30)(H,25,27)/t18-/m1/s1. The Kier molecular flexibility index (Phi) is 5.25. The van der Waals surface area contributed by atoms with Gasteiger partial charge in [-0.15, -0.1) is 12.6 Å². The van der Waals surface area contributed by atoms with Crippen molar-refractivity contribution in [1.29, 1.82) is 0 Å². The van der Waals surface area contributed by atoms with Gasteiger partial charge >= 0.3 is 6.09 Å². The maximum atomic E-state index is 14.0. The highest BCUT2D eigenvalue weighted by molar-refractivity contribution is 7.80. The van der Waals surface area contributed by atoms with Gasteiger partial charge in [0.05, 0.1) is 12.4 Å². The molecule has 7 nitrogen and oxygen atoms in total. The monoisotopic (exact) mass is 432 g/mol. The first-order valence-corrected chi connectivity index (χ1v) is 10.3. The number of halogens is 1. The second-order valence-electron chi connectivity index (χ2n) is 8.65. The van der Waals surface area contributed by atoms with E-state index in [4.69, 9.17) is 9.47 Å². The number of rotatable bonds is 2. The number of carbonyl (C=O) groups excluding carboxylic acids is 1. The van der Waals surface area contributed by atoms with Crippen molar-refractivity contribution in [2.45, 2.75) is 55.9 Å². The molecule has 0 unspecified atom stereocenters. The predicted octanol–water partition coefficient (Wildman–Crippen LogP) is 3.90. The number of carbonyl (C=O) groups is 1. The van der Waals surface area contributed by atoms with Gasteiger partial charge in [0.25, 0.3) is 0 Å². The minimum absolute atomic E-state index is 0.370. The number of fused-ring (bicyclic) bond motifs is 1. The number of aromatic nitrogens is 2. The Balaban J connectivity index is 1.57. The summed E-state index contributed by atoms with van der Waals surface area (Å²) in [5.41, 5.74) is -0.683. The third-order valence-corrected chi connectivity index (χ3v) is 5.57. The molecule has 0 radical (unpaired) electrons. The second kappa shape index (κ2) is 7.61. The lowest BCUT2D eigenvalue weighted by molar-refractivity contribution is 0.0149. The molecule has 1 atom stereocenters. The lowest BCUT2D eigenvalue weighted by Gasteiger charge is -2.42. The number of thiol groups is 1. The fourth-order valence-electron chi connectivity index (χ4n) is 4.02. The first-order chi connectivity index (χ1) is 14.2. The molecule has 1 fully saturated rings. The third kappa shape index (κ3) is 4.16. The predicted molar refractivity (Wildman–Crippen MR) is 113 cm³/mol. The van der Waals surface area contributed by atoms with Gasteiger partial charge in [0.15, 0.2) is 0 Å². The zero-order valence-corrected chi connectivity index (χ0v) is 18.1. The van der Waals surface area contributed by atoms with Crippen molar-refractivity contribution in [2.24, 2.45) is 0 Å². The van der Waals surface area contributed by atoms with Gasteiger partial charge in [-0.3, -0.25) is 0 Å². The van der Waals surface area contributed by atoms with E-state index in [9.17, 15) is 9.18 Å². The number of anilines is 1. The summed E-state index contributed by atoms with van der Waals surface area (Å²) in [6.07, 6.45) is 3.99. The van der Waals surface area contributed by atoms with Gasteiger partial charge in [-0.2, -0.15) is 0 Å². The average molecular weight is 433 g/mol. The Morgan fingerprint density at radius 2 is 2.03 bits per heavy atom. The zero-order chi connectivity index (χ0) is 21.5. The molecule has 30 heavy (non-hydrogen) atoms. The van der Waals surface area contributed by atoms with Gasteiger partial charge in [-0.05, 0) is 39.0 Å². The van der Waals surface area contributed by atoms with E-state index < -0.39 is 23.3 Å². The van der Waals surface area contributed by atoms with Crippen molar-refractivity contribution < 1.29 is 18.7 Å². The van der Waals surface area contributed by atoms with Crippen LogP contribution in [0, 0.1) is 5.82 Å². The van der Waals surface area contributed by atoms with Crippen LogP contribution in [0.2, 0.25) is 0 Å². The van der Waals surface area contributed by atoms with Gasteiger partial charge < -0.3 is 19.7 Å². The van der Waals surface area contributed by atoms with Crippen molar-refractivity contribution in [3.05, 3.63) is 42.0 Å². The molecule has 1 N–H and O–H groups in total. The topological polar surface area (TPSA) is 76.6 Å². The van der Waals surface area contributed by atoms with Crippen LogP contribution in [0.25, 0.3) is 0 Å². The Hall–Kier alpha value is -2.55. The Morgan fingerprint density at radius 1 is 1.30 bits per heavy atom. The SMILES string of the molecule is CC(C)(C)OC(=O)N[C@@H]1c2cc(F)ccc2OC12CCN(c1cnc(S)cn1)CC2. The van der Waals surface area contributed by atoms with Crippen molar-refractivity contribution in [1.82, 2.24) is 15.3 Å². The number of nitrogens with zero attached hydrogens (tertiary/aromatic N) is 3. The van der Waals surface area contributed by atoms with Gasteiger partial charge in [0.2, 0.25) is 0 Å². The second-order valence-corrected chi connectivity index (χ2v) is 9.11. The summed E-state index contributed by atoms with van der Waals surface area (Å²) in [5.74, 6) is 0.982. The first-order valence-electron chi connectivity index (χ1n) is 9.89. The minimum atomic E-state index is -0.680. The van der Waals surface area contributed by atoms with Crippen LogP contribution in [-0.4, -0.2) is 40.4 Å². The van der Waals surface area contributed by atoms with Crippen LogP contribution in [0.3, 0.4) is 0 Å². The number of hydrogen-bond donors (Lipinski definition) is 2. The molecule has 9 heteroatoms. The van der Waals surface area contributed by atoms with Gasteiger partial charge in [-0.1, -0.05) is 0 Å². The van der Waals surface area contributed by atoms with Crippen molar-refractivity contribution in [2.75, 3.05) is 18.0 Å². The van der Waals surface area contributed by atoms with E-state index in [1.165, 1.54) is 12.1 Å². The van der Waals surface area contributed by atoms with Crippen LogP contribution < -0.4 is 15.0 Å². The normalized spacial score (nSPS) is 19.9. The minimum Gasteiger partial charge on any atom is -0.484 e. The van der Waals surface area contributed by atoms with E-state index in [-0.39, 0.29) is 5.82 Å². The Labute approximate surface area is 180 Å². The zero-order valence-electron chi connectivity index (χ0n) is 17.2. The molecule has 1 aromatic heterocycles. The lowest BCUT2D eigenvalue weighted by Crippen LogP contribution is -2.54. The number of amides is 1. The van der Waals surface area contributed by atoms with Crippen LogP contribution in [0.15, 0.2) is 35.6 Å². The fourth-order valence-corrected chi connectivity index (χ4v) is 4.13. The van der Waals surface area contributed by atoms with E-state index >= 15 is 0 Å². The van der Waals surface area contributed by atoms with Gasteiger partial charge in [0.1, 0.15) is 39.7 Å². The van der Waals surface area contributed by atoms with E-state index in [0.29, 0.717) is 42.3 Å². The number of hydrogen-bond acceptors (Lipinski definition) is 7. The molecular formula is C21H25FN4O3S. The average Bonchev–Trinajstić information content (AvgIpc) is 2.94. The number of nitrogens with one attached hydrogen (secondary N) is 1. The van der Waals surface area contributed by atoms with Crippen molar-refractivity contribution in [3.63, 3.8) is 0 Å². The molecule has 160 valence electrons. The summed E-state index contributed by atoms with van der Waals surface area (Å²) in [7, 11) is 0. The summed E-state index contributed by atoms with van der Waals surface area (Å²) in [4.78, 5) is 23.2. The lowest BCUT2D eigenvalue weighted by atomic mass is 9.82. The van der Waals surface area contributed by atoms with Crippen LogP contribution >= 0.6 is 12.6 Å². The molecule has 2 aliphatic heterocycles. The highest BCUT2D eigenvalue weighted by Crippen LogP contribution is 2.49. The summed E-state index contributed by atoms with van der Waals surface area (Å²) in [6, 6.07) is 3.90. The molecule has 1 saturated heterocycles. The number of piperidine rings is 1. The summed E-state index contributed by atoms with van der Waals surface area (Å²) in [5, 5.41) is 3.49. The molecule has 0 bridgehead atoms. The Bertz CT molecular complexity index is 940. The van der Waals surface area contributed by atoms with Crippen LogP contribution in [0.1, 0.15) is 45.2 Å². The van der Waals surface area contributed by atoms with E-state index in [2.05, 4.69) is 32.8 Å². The van der Waals surface area contributed by atoms with Gasteiger partial charge in [-0.25, -0.2) is 19.2 Å². The van der Waals surface area contributed by atoms with E-state index in [0.717, 1.165) is 5.82 Å². The largest absolute Gasteiger partial charge is 0.484 e. The molecule has 4 rings (SSSR count). The maximum absolute atomic E-state index is 14.0. The van der Waals surface area contributed by atoms with Crippen molar-refractivity contribution in [3.8, 4) is 5.75 Å². The summed E-state index contributed by atoms with van der Waals surface area (Å²) in [6.45, 7) is 6.72. The number of alkyl carbamates (subject to hydrolysis) is 1. The van der Waals surface area contributed by atoms with Crippen LogP contribution in [0.5, 0.6) is 5.75 Å².